The highest BCUT2D eigenvalue weighted by atomic mass is 35.5. The maximum atomic E-state index is 13.9. The fourth-order valence-electron chi connectivity index (χ4n) is 2.24. The number of halogens is 4. The lowest BCUT2D eigenvalue weighted by Gasteiger charge is -2.34. The normalized spacial score (nSPS) is 24.3. The van der Waals surface area contributed by atoms with Crippen LogP contribution in [0, 0.1) is 17.5 Å². The Hall–Kier alpha value is -0.830. The van der Waals surface area contributed by atoms with Crippen LogP contribution < -0.4 is 0 Å². The van der Waals surface area contributed by atoms with E-state index >= 15 is 0 Å². The number of hydrogen-bond acceptors (Lipinski definition) is 3. The zero-order valence-electron chi connectivity index (χ0n) is 11.2. The van der Waals surface area contributed by atoms with Gasteiger partial charge >= 0.3 is 0 Å². The van der Waals surface area contributed by atoms with Gasteiger partial charge in [-0.15, -0.1) is 0 Å². The SMILES string of the molecule is C[C@H]1CN(S(=O)(=O)c2c(F)cc(F)c(Cl)c2F)C[C@H](C)O1. The van der Waals surface area contributed by atoms with Gasteiger partial charge in [-0.25, -0.2) is 21.6 Å². The zero-order valence-corrected chi connectivity index (χ0v) is 12.8. The van der Waals surface area contributed by atoms with Crippen molar-refractivity contribution < 1.29 is 26.3 Å². The topological polar surface area (TPSA) is 46.6 Å². The summed E-state index contributed by atoms with van der Waals surface area (Å²) in [7, 11) is -4.48. The van der Waals surface area contributed by atoms with Crippen molar-refractivity contribution in [3.8, 4) is 0 Å². The van der Waals surface area contributed by atoms with E-state index in [1.807, 2.05) is 0 Å². The smallest absolute Gasteiger partial charge is 0.249 e. The molecule has 1 heterocycles. The van der Waals surface area contributed by atoms with Crippen molar-refractivity contribution in [2.45, 2.75) is 31.0 Å². The standard InChI is InChI=1S/C12H13ClF3NO3S/c1-6-4-17(5-7(2)20-6)21(18,19)12-9(15)3-8(14)10(13)11(12)16/h3,6-7H,4-5H2,1-2H3/t6-,7-/m0/s1. The van der Waals surface area contributed by atoms with Crippen LogP contribution in [-0.4, -0.2) is 38.0 Å². The summed E-state index contributed by atoms with van der Waals surface area (Å²) in [6.07, 6.45) is -0.851. The minimum Gasteiger partial charge on any atom is -0.373 e. The summed E-state index contributed by atoms with van der Waals surface area (Å²) >= 11 is 5.33. The number of morpholine rings is 1. The molecule has 1 aliphatic heterocycles. The lowest BCUT2D eigenvalue weighted by Crippen LogP contribution is -2.48. The maximum Gasteiger partial charge on any atom is 0.249 e. The third-order valence-corrected chi connectivity index (χ3v) is 5.27. The van der Waals surface area contributed by atoms with Gasteiger partial charge in [-0.1, -0.05) is 11.6 Å². The Kier molecular flexibility index (Phi) is 4.53. The first kappa shape index (κ1) is 16.5. The van der Waals surface area contributed by atoms with Crippen LogP contribution in [0.2, 0.25) is 5.02 Å². The van der Waals surface area contributed by atoms with E-state index in [0.29, 0.717) is 0 Å². The summed E-state index contributed by atoms with van der Waals surface area (Å²) in [4.78, 5) is -1.24. The number of ether oxygens (including phenoxy) is 1. The van der Waals surface area contributed by atoms with Crippen LogP contribution in [0.5, 0.6) is 0 Å². The van der Waals surface area contributed by atoms with Crippen molar-refractivity contribution in [3.05, 3.63) is 28.5 Å². The number of rotatable bonds is 2. The van der Waals surface area contributed by atoms with E-state index in [0.717, 1.165) is 4.31 Å². The van der Waals surface area contributed by atoms with Crippen LogP contribution >= 0.6 is 11.6 Å². The molecule has 0 aliphatic carbocycles. The van der Waals surface area contributed by atoms with Crippen LogP contribution in [0.25, 0.3) is 0 Å². The summed E-state index contributed by atoms with van der Waals surface area (Å²) in [5, 5.41) is -1.05. The van der Waals surface area contributed by atoms with Crippen LogP contribution in [0.15, 0.2) is 11.0 Å². The average Bonchev–Trinajstić information content (AvgIpc) is 2.34. The van der Waals surface area contributed by atoms with Gasteiger partial charge in [-0.05, 0) is 13.8 Å². The largest absolute Gasteiger partial charge is 0.373 e. The highest BCUT2D eigenvalue weighted by Crippen LogP contribution is 2.31. The summed E-state index contributed by atoms with van der Waals surface area (Å²) < 4.78 is 71.9. The third kappa shape index (κ3) is 3.03. The van der Waals surface area contributed by atoms with E-state index in [4.69, 9.17) is 16.3 Å². The summed E-state index contributed by atoms with van der Waals surface area (Å²) in [5.41, 5.74) is 0. The molecule has 0 N–H and O–H groups in total. The molecule has 0 bridgehead atoms. The minimum atomic E-state index is -4.48. The molecule has 0 aromatic heterocycles. The van der Waals surface area contributed by atoms with E-state index in [2.05, 4.69) is 0 Å². The lowest BCUT2D eigenvalue weighted by atomic mass is 10.3. The number of benzene rings is 1. The first-order chi connectivity index (χ1) is 9.64. The monoisotopic (exact) mass is 343 g/mol. The molecule has 1 fully saturated rings. The molecule has 21 heavy (non-hydrogen) atoms. The molecule has 0 amide bonds. The molecular formula is C12H13ClF3NO3S. The molecular weight excluding hydrogens is 331 g/mol. The molecule has 0 unspecified atom stereocenters. The minimum absolute atomic E-state index is 0.0550. The molecule has 1 aromatic rings. The van der Waals surface area contributed by atoms with Crippen LogP contribution in [-0.2, 0) is 14.8 Å². The van der Waals surface area contributed by atoms with Crippen molar-refractivity contribution in [2.75, 3.05) is 13.1 Å². The van der Waals surface area contributed by atoms with Gasteiger partial charge < -0.3 is 4.74 Å². The number of sulfonamides is 1. The molecule has 0 spiro atoms. The second-order valence-corrected chi connectivity index (χ2v) is 7.13. The van der Waals surface area contributed by atoms with Crippen LogP contribution in [0.1, 0.15) is 13.8 Å². The highest BCUT2D eigenvalue weighted by Gasteiger charge is 2.37. The molecule has 1 saturated heterocycles. The van der Waals surface area contributed by atoms with Crippen molar-refractivity contribution in [3.63, 3.8) is 0 Å². The van der Waals surface area contributed by atoms with Gasteiger partial charge in [0.15, 0.2) is 10.7 Å². The molecule has 2 rings (SSSR count). The van der Waals surface area contributed by atoms with Gasteiger partial charge in [-0.3, -0.25) is 0 Å². The summed E-state index contributed by atoms with van der Waals surface area (Å²) in [5.74, 6) is -4.49. The van der Waals surface area contributed by atoms with Gasteiger partial charge in [-0.2, -0.15) is 4.31 Å². The Bertz CT molecular complexity index is 658. The molecule has 4 nitrogen and oxygen atoms in total. The summed E-state index contributed by atoms with van der Waals surface area (Å²) in [6.45, 7) is 3.17. The van der Waals surface area contributed by atoms with Gasteiger partial charge in [0.2, 0.25) is 10.0 Å². The number of nitrogens with zero attached hydrogens (tertiary/aromatic N) is 1. The second kappa shape index (κ2) is 5.75. The van der Waals surface area contributed by atoms with E-state index in [1.165, 1.54) is 0 Å². The zero-order chi connectivity index (χ0) is 15.9. The van der Waals surface area contributed by atoms with Gasteiger partial charge in [0, 0.05) is 19.2 Å². The molecule has 118 valence electrons. The Morgan fingerprint density at radius 1 is 1.19 bits per heavy atom. The highest BCUT2D eigenvalue weighted by molar-refractivity contribution is 7.89. The van der Waals surface area contributed by atoms with Crippen molar-refractivity contribution in [2.24, 2.45) is 0 Å². The van der Waals surface area contributed by atoms with Gasteiger partial charge in [0.25, 0.3) is 0 Å². The molecule has 0 radical (unpaired) electrons. The predicted molar refractivity (Wildman–Crippen MR) is 70.1 cm³/mol. The molecule has 2 atom stereocenters. The fraction of sp³-hybridized carbons (Fsp3) is 0.500. The van der Waals surface area contributed by atoms with Gasteiger partial charge in [0.05, 0.1) is 12.2 Å². The predicted octanol–water partition coefficient (Wildman–Crippen LogP) is 2.56. The van der Waals surface area contributed by atoms with Crippen molar-refractivity contribution in [1.29, 1.82) is 0 Å². The Morgan fingerprint density at radius 2 is 1.71 bits per heavy atom. The third-order valence-electron chi connectivity index (χ3n) is 3.06. The quantitative estimate of drug-likeness (QED) is 0.612. The average molecular weight is 344 g/mol. The van der Waals surface area contributed by atoms with E-state index in [1.54, 1.807) is 13.8 Å². The second-order valence-electron chi connectivity index (χ2n) is 4.88. The lowest BCUT2D eigenvalue weighted by molar-refractivity contribution is -0.0441. The molecule has 1 aliphatic rings. The van der Waals surface area contributed by atoms with E-state index in [9.17, 15) is 21.6 Å². The van der Waals surface area contributed by atoms with Crippen LogP contribution in [0.3, 0.4) is 0 Å². The molecule has 0 saturated carbocycles. The number of hydrogen-bond donors (Lipinski definition) is 0. The van der Waals surface area contributed by atoms with Gasteiger partial charge in [0.1, 0.15) is 16.7 Å². The first-order valence-corrected chi connectivity index (χ1v) is 7.95. The van der Waals surface area contributed by atoms with Crippen LogP contribution in [0.4, 0.5) is 13.2 Å². The Labute approximate surface area is 125 Å². The van der Waals surface area contributed by atoms with E-state index in [-0.39, 0.29) is 19.2 Å². The Balaban J connectivity index is 2.52. The van der Waals surface area contributed by atoms with Crippen molar-refractivity contribution in [1.82, 2.24) is 4.31 Å². The maximum absolute atomic E-state index is 13.9. The summed E-state index contributed by atoms with van der Waals surface area (Å²) in [6, 6.07) is 0.256. The molecule has 1 aromatic carbocycles. The fourth-order valence-corrected chi connectivity index (χ4v) is 4.15. The Morgan fingerprint density at radius 3 is 2.24 bits per heavy atom. The van der Waals surface area contributed by atoms with E-state index < -0.39 is 49.6 Å². The molecule has 9 heteroatoms. The van der Waals surface area contributed by atoms with Crippen molar-refractivity contribution >= 4 is 21.6 Å². The first-order valence-electron chi connectivity index (χ1n) is 6.13.